The monoisotopic (exact) mass is 241 g/mol. The molecule has 2 saturated carbocycles. The summed E-state index contributed by atoms with van der Waals surface area (Å²) in [7, 11) is 0. The number of alkyl halides is 2. The first-order chi connectivity index (χ1) is 8.25. The molecule has 1 N–H and O–H groups in total. The molecule has 94 valence electrons. The van der Waals surface area contributed by atoms with Crippen LogP contribution in [0.4, 0.5) is 8.78 Å². The highest BCUT2D eigenvalue weighted by Crippen LogP contribution is 2.44. The van der Waals surface area contributed by atoms with Crippen molar-refractivity contribution in [3.05, 3.63) is 18.2 Å². The minimum atomic E-state index is -2.49. The molecule has 0 aromatic carbocycles. The lowest BCUT2D eigenvalue weighted by Gasteiger charge is -2.17. The Labute approximate surface area is 99.2 Å². The van der Waals surface area contributed by atoms with Crippen LogP contribution < -0.4 is 5.32 Å². The summed E-state index contributed by atoms with van der Waals surface area (Å²) < 4.78 is 26.2. The standard InChI is InChI=1S/C12H17F2N3/c13-12(14)17-6-5-15-10(17)7-16-11(8-1-2-8)9-3-4-9/h5-6,8-9,11-12,16H,1-4,7H2. The van der Waals surface area contributed by atoms with Gasteiger partial charge < -0.3 is 5.32 Å². The number of rotatable bonds is 6. The molecule has 0 unspecified atom stereocenters. The van der Waals surface area contributed by atoms with E-state index in [1.165, 1.54) is 38.1 Å². The molecular formula is C12H17F2N3. The molecule has 2 fully saturated rings. The third-order valence-corrected chi connectivity index (χ3v) is 3.71. The minimum Gasteiger partial charge on any atom is -0.307 e. The molecule has 3 nitrogen and oxygen atoms in total. The van der Waals surface area contributed by atoms with Crippen LogP contribution >= 0.6 is 0 Å². The largest absolute Gasteiger partial charge is 0.319 e. The summed E-state index contributed by atoms with van der Waals surface area (Å²) in [5.74, 6) is 1.99. The van der Waals surface area contributed by atoms with Gasteiger partial charge in [-0.2, -0.15) is 8.78 Å². The molecule has 3 rings (SSSR count). The van der Waals surface area contributed by atoms with Crippen molar-refractivity contribution in [2.75, 3.05) is 0 Å². The van der Waals surface area contributed by atoms with E-state index < -0.39 is 6.55 Å². The molecule has 5 heteroatoms. The lowest BCUT2D eigenvalue weighted by molar-refractivity contribution is 0.0664. The van der Waals surface area contributed by atoms with E-state index in [-0.39, 0.29) is 0 Å². The van der Waals surface area contributed by atoms with Crippen LogP contribution in [-0.2, 0) is 6.54 Å². The summed E-state index contributed by atoms with van der Waals surface area (Å²) >= 11 is 0. The number of nitrogens with one attached hydrogen (secondary N) is 1. The summed E-state index contributed by atoms with van der Waals surface area (Å²) in [6, 6.07) is 0.526. The lowest BCUT2D eigenvalue weighted by Crippen LogP contribution is -2.33. The van der Waals surface area contributed by atoms with Gasteiger partial charge in [-0.15, -0.1) is 0 Å². The van der Waals surface area contributed by atoms with E-state index >= 15 is 0 Å². The number of hydrogen-bond acceptors (Lipinski definition) is 2. The Morgan fingerprint density at radius 3 is 2.47 bits per heavy atom. The fraction of sp³-hybridized carbons (Fsp3) is 0.750. The van der Waals surface area contributed by atoms with E-state index in [0.717, 1.165) is 16.4 Å². The predicted octanol–water partition coefficient (Wildman–Crippen LogP) is 2.56. The van der Waals surface area contributed by atoms with Crippen LogP contribution in [0.25, 0.3) is 0 Å². The van der Waals surface area contributed by atoms with Crippen molar-refractivity contribution >= 4 is 0 Å². The van der Waals surface area contributed by atoms with Crippen LogP contribution in [0.15, 0.2) is 12.4 Å². The second-order valence-electron chi connectivity index (χ2n) is 5.11. The Kier molecular flexibility index (Phi) is 2.86. The van der Waals surface area contributed by atoms with Gasteiger partial charge in [0.05, 0.1) is 6.54 Å². The quantitative estimate of drug-likeness (QED) is 0.829. The predicted molar refractivity (Wildman–Crippen MR) is 59.6 cm³/mol. The van der Waals surface area contributed by atoms with Crippen LogP contribution in [0, 0.1) is 11.8 Å². The van der Waals surface area contributed by atoms with E-state index in [9.17, 15) is 8.78 Å². The number of hydrogen-bond donors (Lipinski definition) is 1. The molecular weight excluding hydrogens is 224 g/mol. The molecule has 1 heterocycles. The van der Waals surface area contributed by atoms with Crippen molar-refractivity contribution in [3.8, 4) is 0 Å². The van der Waals surface area contributed by atoms with Crippen LogP contribution in [0.3, 0.4) is 0 Å². The Hall–Kier alpha value is -0.970. The van der Waals surface area contributed by atoms with Crippen molar-refractivity contribution in [3.63, 3.8) is 0 Å². The van der Waals surface area contributed by atoms with Gasteiger partial charge in [0.1, 0.15) is 5.82 Å². The van der Waals surface area contributed by atoms with Crippen molar-refractivity contribution in [2.24, 2.45) is 11.8 Å². The molecule has 1 aromatic heterocycles. The maximum atomic E-state index is 12.6. The molecule has 2 aliphatic carbocycles. The van der Waals surface area contributed by atoms with Crippen LogP contribution in [0.1, 0.15) is 38.1 Å². The second-order valence-corrected chi connectivity index (χ2v) is 5.11. The lowest BCUT2D eigenvalue weighted by atomic mass is 10.1. The first-order valence-corrected chi connectivity index (χ1v) is 6.29. The maximum Gasteiger partial charge on any atom is 0.319 e. The van der Waals surface area contributed by atoms with Crippen molar-refractivity contribution in [1.82, 2.24) is 14.9 Å². The first kappa shape index (κ1) is 11.1. The molecule has 0 atom stereocenters. The van der Waals surface area contributed by atoms with E-state index in [2.05, 4.69) is 10.3 Å². The zero-order valence-corrected chi connectivity index (χ0v) is 9.65. The molecule has 0 radical (unpaired) electrons. The summed E-state index contributed by atoms with van der Waals surface area (Å²) in [5.41, 5.74) is 0. The summed E-state index contributed by atoms with van der Waals surface area (Å²) in [6.45, 7) is -2.04. The third-order valence-electron chi connectivity index (χ3n) is 3.71. The molecule has 0 amide bonds. The molecule has 2 aliphatic rings. The highest BCUT2D eigenvalue weighted by atomic mass is 19.3. The number of nitrogens with zero attached hydrogens (tertiary/aromatic N) is 2. The Morgan fingerprint density at radius 1 is 1.29 bits per heavy atom. The Morgan fingerprint density at radius 2 is 1.94 bits per heavy atom. The second kappa shape index (κ2) is 4.37. The van der Waals surface area contributed by atoms with E-state index in [4.69, 9.17) is 0 Å². The van der Waals surface area contributed by atoms with Gasteiger partial charge in [0.25, 0.3) is 0 Å². The molecule has 0 spiro atoms. The van der Waals surface area contributed by atoms with Gasteiger partial charge in [0.15, 0.2) is 0 Å². The van der Waals surface area contributed by atoms with Gasteiger partial charge in [0, 0.05) is 18.4 Å². The van der Waals surface area contributed by atoms with Crippen LogP contribution in [0.2, 0.25) is 0 Å². The smallest absolute Gasteiger partial charge is 0.307 e. The first-order valence-electron chi connectivity index (χ1n) is 6.29. The zero-order valence-electron chi connectivity index (χ0n) is 9.65. The Bertz CT molecular complexity index is 371. The fourth-order valence-electron chi connectivity index (χ4n) is 2.50. The highest BCUT2D eigenvalue weighted by molar-refractivity contribution is 4.99. The zero-order chi connectivity index (χ0) is 11.8. The molecule has 0 bridgehead atoms. The van der Waals surface area contributed by atoms with Gasteiger partial charge in [-0.1, -0.05) is 0 Å². The molecule has 1 aromatic rings. The third kappa shape index (κ3) is 2.49. The molecule has 0 saturated heterocycles. The minimum absolute atomic E-state index is 0.436. The SMILES string of the molecule is FC(F)n1ccnc1CNC(C1CC1)C1CC1. The van der Waals surface area contributed by atoms with Crippen molar-refractivity contribution in [1.29, 1.82) is 0 Å². The normalized spacial score (nSPS) is 20.5. The van der Waals surface area contributed by atoms with E-state index in [1.54, 1.807) is 0 Å². The Balaban J connectivity index is 1.60. The average molecular weight is 241 g/mol. The van der Waals surface area contributed by atoms with Crippen molar-refractivity contribution < 1.29 is 8.78 Å². The number of halogens is 2. The van der Waals surface area contributed by atoms with Gasteiger partial charge in [0.2, 0.25) is 0 Å². The van der Waals surface area contributed by atoms with Crippen LogP contribution in [-0.4, -0.2) is 15.6 Å². The van der Waals surface area contributed by atoms with E-state index in [1.807, 2.05) is 0 Å². The van der Waals surface area contributed by atoms with Crippen LogP contribution in [0.5, 0.6) is 0 Å². The van der Waals surface area contributed by atoms with Crippen molar-refractivity contribution in [2.45, 2.75) is 44.8 Å². The summed E-state index contributed by atoms with van der Waals surface area (Å²) in [6.07, 6.45) is 7.93. The maximum absolute atomic E-state index is 12.6. The number of aromatic nitrogens is 2. The van der Waals surface area contributed by atoms with Gasteiger partial charge in [-0.3, -0.25) is 4.57 Å². The molecule has 17 heavy (non-hydrogen) atoms. The average Bonchev–Trinajstić information content (AvgIpc) is 3.19. The van der Waals surface area contributed by atoms with Gasteiger partial charge in [-0.05, 0) is 37.5 Å². The summed E-state index contributed by atoms with van der Waals surface area (Å²) in [4.78, 5) is 3.99. The fourth-order valence-corrected chi connectivity index (χ4v) is 2.50. The topological polar surface area (TPSA) is 29.9 Å². The van der Waals surface area contributed by atoms with Gasteiger partial charge in [-0.25, -0.2) is 4.98 Å². The highest BCUT2D eigenvalue weighted by Gasteiger charge is 2.41. The van der Waals surface area contributed by atoms with Gasteiger partial charge >= 0.3 is 6.55 Å². The number of imidazole rings is 1. The molecule has 0 aliphatic heterocycles. The summed E-state index contributed by atoms with van der Waals surface area (Å²) in [5, 5.41) is 3.42. The van der Waals surface area contributed by atoms with E-state index in [0.29, 0.717) is 18.4 Å².